The molecule has 0 aliphatic rings. The molecule has 1 rings (SSSR count). The van der Waals surface area contributed by atoms with E-state index in [1.807, 2.05) is 30.8 Å². The Morgan fingerprint density at radius 3 is 3.00 bits per heavy atom. The summed E-state index contributed by atoms with van der Waals surface area (Å²) in [4.78, 5) is 0. The minimum atomic E-state index is 0.108. The fraction of sp³-hybridized carbons (Fsp3) is 0.444. The van der Waals surface area contributed by atoms with Gasteiger partial charge >= 0.3 is 0 Å². The van der Waals surface area contributed by atoms with Gasteiger partial charge in [-0.15, -0.1) is 0 Å². The number of hydrogen-bond donors (Lipinski definition) is 1. The quantitative estimate of drug-likeness (QED) is 0.735. The predicted octanol–water partition coefficient (Wildman–Crippen LogP) is 1.30. The summed E-state index contributed by atoms with van der Waals surface area (Å²) in [5.74, 6) is 0. The van der Waals surface area contributed by atoms with Gasteiger partial charge in [-0.25, -0.2) is 0 Å². The zero-order valence-electron chi connectivity index (χ0n) is 7.49. The molecule has 0 fully saturated rings. The molecule has 3 heteroatoms. The van der Waals surface area contributed by atoms with E-state index in [9.17, 15) is 0 Å². The lowest BCUT2D eigenvalue weighted by Gasteiger charge is -1.92. The monoisotopic (exact) mass is 166 g/mol. The Hall–Kier alpha value is -1.09. The molecule has 0 atom stereocenters. The van der Waals surface area contributed by atoms with Crippen molar-refractivity contribution in [2.75, 3.05) is 6.61 Å². The van der Waals surface area contributed by atoms with Crippen LogP contribution in [0, 0.1) is 0 Å². The summed E-state index contributed by atoms with van der Waals surface area (Å²) in [6.45, 7) is 4.92. The lowest BCUT2D eigenvalue weighted by molar-refractivity contribution is 0.332. The minimum absolute atomic E-state index is 0.108. The van der Waals surface area contributed by atoms with Crippen LogP contribution in [0.1, 0.15) is 19.4 Å². The highest BCUT2D eigenvalue weighted by Gasteiger charge is 1.93. The van der Waals surface area contributed by atoms with Crippen molar-refractivity contribution in [1.29, 1.82) is 0 Å². The molecule has 1 N–H and O–H groups in total. The zero-order chi connectivity index (χ0) is 8.97. The van der Waals surface area contributed by atoms with Gasteiger partial charge in [0.05, 0.1) is 12.8 Å². The molecule has 3 nitrogen and oxygen atoms in total. The normalized spacial score (nSPS) is 12.1. The van der Waals surface area contributed by atoms with E-state index >= 15 is 0 Å². The van der Waals surface area contributed by atoms with Gasteiger partial charge in [-0.1, -0.05) is 6.08 Å². The molecule has 0 radical (unpaired) electrons. The molecule has 0 unspecified atom stereocenters. The van der Waals surface area contributed by atoms with Crippen molar-refractivity contribution >= 4 is 6.08 Å². The summed E-state index contributed by atoms with van der Waals surface area (Å²) < 4.78 is 1.86. The highest BCUT2D eigenvalue weighted by molar-refractivity contribution is 5.50. The fourth-order valence-electron chi connectivity index (χ4n) is 0.957. The highest BCUT2D eigenvalue weighted by atomic mass is 16.3. The van der Waals surface area contributed by atoms with Crippen LogP contribution in [-0.4, -0.2) is 21.5 Å². The van der Waals surface area contributed by atoms with Crippen LogP contribution in [0.15, 0.2) is 18.0 Å². The van der Waals surface area contributed by atoms with Crippen molar-refractivity contribution in [2.24, 2.45) is 0 Å². The smallest absolute Gasteiger partial charge is 0.0642 e. The van der Waals surface area contributed by atoms with Gasteiger partial charge in [0.1, 0.15) is 0 Å². The molecule has 0 aliphatic heterocycles. The topological polar surface area (TPSA) is 38.0 Å². The largest absolute Gasteiger partial charge is 0.392 e. The van der Waals surface area contributed by atoms with Gasteiger partial charge in [0, 0.05) is 18.3 Å². The third-order valence-corrected chi connectivity index (χ3v) is 1.64. The van der Waals surface area contributed by atoms with Gasteiger partial charge < -0.3 is 5.11 Å². The summed E-state index contributed by atoms with van der Waals surface area (Å²) in [6, 6.07) is 0. The van der Waals surface area contributed by atoms with Crippen molar-refractivity contribution in [1.82, 2.24) is 9.78 Å². The number of aryl methyl sites for hydroxylation is 1. The maximum Gasteiger partial charge on any atom is 0.0642 e. The van der Waals surface area contributed by atoms with Crippen LogP contribution >= 0.6 is 0 Å². The van der Waals surface area contributed by atoms with E-state index in [2.05, 4.69) is 5.10 Å². The van der Waals surface area contributed by atoms with Crippen LogP contribution in [0.3, 0.4) is 0 Å². The second kappa shape index (κ2) is 4.07. The standard InChI is InChI=1S/C9H14N2O/c1-3-11-6-9(5-10-11)4-8(2)7-12/h4-6,12H,3,7H2,1-2H3/b8-4-. The maximum absolute atomic E-state index is 8.76. The van der Waals surface area contributed by atoms with Gasteiger partial charge in [-0.3, -0.25) is 4.68 Å². The summed E-state index contributed by atoms with van der Waals surface area (Å²) in [5, 5.41) is 12.9. The lowest BCUT2D eigenvalue weighted by atomic mass is 10.2. The molecule has 0 aromatic carbocycles. The maximum atomic E-state index is 8.76. The molecule has 1 aromatic heterocycles. The average Bonchev–Trinajstić information content (AvgIpc) is 2.52. The van der Waals surface area contributed by atoms with E-state index in [4.69, 9.17) is 5.11 Å². The van der Waals surface area contributed by atoms with E-state index < -0.39 is 0 Å². The molecule has 0 bridgehead atoms. The van der Waals surface area contributed by atoms with Crippen LogP contribution < -0.4 is 0 Å². The molecule has 1 aromatic rings. The summed E-state index contributed by atoms with van der Waals surface area (Å²) >= 11 is 0. The number of aromatic nitrogens is 2. The van der Waals surface area contributed by atoms with Crippen molar-refractivity contribution < 1.29 is 5.11 Å². The molecule has 0 saturated heterocycles. The van der Waals surface area contributed by atoms with Crippen LogP contribution in [0.4, 0.5) is 0 Å². The molecule has 0 saturated carbocycles. The van der Waals surface area contributed by atoms with Crippen LogP contribution in [0.25, 0.3) is 6.08 Å². The van der Waals surface area contributed by atoms with E-state index in [0.717, 1.165) is 17.7 Å². The number of rotatable bonds is 3. The second-order valence-corrected chi connectivity index (χ2v) is 2.78. The molecule has 66 valence electrons. The van der Waals surface area contributed by atoms with Gasteiger partial charge in [0.15, 0.2) is 0 Å². The fourth-order valence-corrected chi connectivity index (χ4v) is 0.957. The minimum Gasteiger partial charge on any atom is -0.392 e. The summed E-state index contributed by atoms with van der Waals surface area (Å²) in [7, 11) is 0. The Balaban J connectivity index is 2.76. The van der Waals surface area contributed by atoms with E-state index in [1.165, 1.54) is 0 Å². The van der Waals surface area contributed by atoms with E-state index in [-0.39, 0.29) is 6.61 Å². The molecule has 0 amide bonds. The van der Waals surface area contributed by atoms with Gasteiger partial charge in [0.2, 0.25) is 0 Å². The van der Waals surface area contributed by atoms with Crippen molar-refractivity contribution in [3.63, 3.8) is 0 Å². The van der Waals surface area contributed by atoms with E-state index in [0.29, 0.717) is 0 Å². The average molecular weight is 166 g/mol. The first kappa shape index (κ1) is 9.00. The predicted molar refractivity (Wildman–Crippen MR) is 48.6 cm³/mol. The van der Waals surface area contributed by atoms with Crippen molar-refractivity contribution in [3.05, 3.63) is 23.5 Å². The Morgan fingerprint density at radius 2 is 2.50 bits per heavy atom. The first-order valence-corrected chi connectivity index (χ1v) is 4.06. The SMILES string of the molecule is CCn1cc(/C=C(/C)CO)cn1. The molecular formula is C9H14N2O. The number of nitrogens with zero attached hydrogens (tertiary/aromatic N) is 2. The van der Waals surface area contributed by atoms with Gasteiger partial charge in [0.25, 0.3) is 0 Å². The zero-order valence-corrected chi connectivity index (χ0v) is 7.49. The van der Waals surface area contributed by atoms with Crippen LogP contribution in [0.5, 0.6) is 0 Å². The molecule has 1 heterocycles. The van der Waals surface area contributed by atoms with Crippen molar-refractivity contribution in [3.8, 4) is 0 Å². The number of hydrogen-bond acceptors (Lipinski definition) is 2. The molecule has 12 heavy (non-hydrogen) atoms. The number of aliphatic hydroxyl groups is 1. The Kier molecular flexibility index (Phi) is 3.05. The molecular weight excluding hydrogens is 152 g/mol. The van der Waals surface area contributed by atoms with Crippen molar-refractivity contribution in [2.45, 2.75) is 20.4 Å². The summed E-state index contributed by atoms with van der Waals surface area (Å²) in [5.41, 5.74) is 1.99. The first-order chi connectivity index (χ1) is 5.76. The third-order valence-electron chi connectivity index (χ3n) is 1.64. The van der Waals surface area contributed by atoms with Crippen LogP contribution in [-0.2, 0) is 6.54 Å². The van der Waals surface area contributed by atoms with Gasteiger partial charge in [-0.05, 0) is 19.4 Å². The Morgan fingerprint density at radius 1 is 1.75 bits per heavy atom. The second-order valence-electron chi connectivity index (χ2n) is 2.78. The third kappa shape index (κ3) is 2.20. The molecule has 0 aliphatic carbocycles. The number of aliphatic hydroxyl groups excluding tert-OH is 1. The van der Waals surface area contributed by atoms with Gasteiger partial charge in [-0.2, -0.15) is 5.10 Å². The molecule has 0 spiro atoms. The Labute approximate surface area is 72.3 Å². The van der Waals surface area contributed by atoms with E-state index in [1.54, 1.807) is 6.20 Å². The first-order valence-electron chi connectivity index (χ1n) is 4.06. The van der Waals surface area contributed by atoms with Crippen LogP contribution in [0.2, 0.25) is 0 Å². The Bertz CT molecular complexity index is 276. The lowest BCUT2D eigenvalue weighted by Crippen LogP contribution is -1.92. The summed E-state index contributed by atoms with van der Waals surface area (Å²) in [6.07, 6.45) is 5.68. The highest BCUT2D eigenvalue weighted by Crippen LogP contribution is 2.04.